The summed E-state index contributed by atoms with van der Waals surface area (Å²) in [5.74, 6) is 0.829. The van der Waals surface area contributed by atoms with E-state index in [0.29, 0.717) is 0 Å². The average molecular weight is 458 g/mol. The van der Waals surface area contributed by atoms with Crippen LogP contribution in [0, 0.1) is 0 Å². The van der Waals surface area contributed by atoms with Gasteiger partial charge in [0.25, 0.3) is 0 Å². The Morgan fingerprint density at radius 1 is 0.960 bits per heavy atom. The summed E-state index contributed by atoms with van der Waals surface area (Å²) in [5, 5.41) is 6.78. The Hall–Kier alpha value is -2.11. The molecule has 0 spiro atoms. The molecule has 4 rings (SSSR count). The molecule has 0 amide bonds. The molecule has 3 aromatic carbocycles. The maximum absolute atomic E-state index is 5.38. The second-order valence-electron chi connectivity index (χ2n) is 5.61. The van der Waals surface area contributed by atoms with Crippen molar-refractivity contribution in [1.29, 1.82) is 0 Å². The first kappa shape index (κ1) is 16.4. The van der Waals surface area contributed by atoms with Crippen molar-refractivity contribution < 1.29 is 4.74 Å². The largest absolute Gasteiger partial charge is 0.496 e. The van der Waals surface area contributed by atoms with Gasteiger partial charge in [0.2, 0.25) is 0 Å². The van der Waals surface area contributed by atoms with Crippen molar-refractivity contribution in [1.82, 2.24) is 9.78 Å². The Bertz CT molecular complexity index is 1060. The van der Waals surface area contributed by atoms with Crippen molar-refractivity contribution in [2.24, 2.45) is 0 Å². The number of hydrogen-bond donors (Lipinski definition) is 0. The molecular weight excluding hydrogens is 444 g/mol. The second-order valence-corrected chi connectivity index (χ2v) is 7.25. The molecule has 124 valence electrons. The first-order valence-corrected chi connectivity index (χ1v) is 9.33. The maximum atomic E-state index is 5.38. The van der Waals surface area contributed by atoms with Gasteiger partial charge in [-0.15, -0.1) is 0 Å². The Morgan fingerprint density at radius 2 is 1.76 bits per heavy atom. The minimum absolute atomic E-state index is 0.829. The zero-order valence-electron chi connectivity index (χ0n) is 13.4. The van der Waals surface area contributed by atoms with E-state index < -0.39 is 0 Å². The highest BCUT2D eigenvalue weighted by molar-refractivity contribution is 9.11. The molecule has 0 aliphatic rings. The standard InChI is InChI=1S/C20H14Br2N2O/c1-25-18-10-8-13-11-14(7-9-16(13)19(18)22)20-17(21)12-23-24(20)15-5-3-2-4-6-15/h2-12H,1H3. The van der Waals surface area contributed by atoms with E-state index >= 15 is 0 Å². The number of benzene rings is 3. The van der Waals surface area contributed by atoms with Gasteiger partial charge in [0.15, 0.2) is 0 Å². The SMILES string of the molecule is COc1ccc2cc(-c3c(Br)cnn3-c3ccccc3)ccc2c1Br. The van der Waals surface area contributed by atoms with Crippen LogP contribution in [-0.2, 0) is 0 Å². The molecule has 0 saturated carbocycles. The average Bonchev–Trinajstić information content (AvgIpc) is 3.04. The second kappa shape index (κ2) is 6.65. The summed E-state index contributed by atoms with van der Waals surface area (Å²) in [4.78, 5) is 0. The lowest BCUT2D eigenvalue weighted by molar-refractivity contribution is 0.413. The van der Waals surface area contributed by atoms with Crippen LogP contribution in [-0.4, -0.2) is 16.9 Å². The van der Waals surface area contributed by atoms with Crippen molar-refractivity contribution in [3.63, 3.8) is 0 Å². The molecule has 5 heteroatoms. The molecule has 25 heavy (non-hydrogen) atoms. The van der Waals surface area contributed by atoms with E-state index in [1.54, 1.807) is 7.11 Å². The number of methoxy groups -OCH3 is 1. The third kappa shape index (κ3) is 2.87. The summed E-state index contributed by atoms with van der Waals surface area (Å²) in [6, 6.07) is 20.5. The summed E-state index contributed by atoms with van der Waals surface area (Å²) >= 11 is 7.27. The molecule has 1 aromatic heterocycles. The molecule has 0 atom stereocenters. The molecule has 0 saturated heterocycles. The molecule has 0 bridgehead atoms. The summed E-state index contributed by atoms with van der Waals surface area (Å²) in [7, 11) is 1.68. The number of rotatable bonds is 3. The number of hydrogen-bond acceptors (Lipinski definition) is 2. The van der Waals surface area contributed by atoms with Crippen LogP contribution in [0.25, 0.3) is 27.7 Å². The van der Waals surface area contributed by atoms with Crippen LogP contribution in [0.4, 0.5) is 0 Å². The van der Waals surface area contributed by atoms with E-state index in [1.807, 2.05) is 47.3 Å². The molecule has 0 aliphatic carbocycles. The van der Waals surface area contributed by atoms with Crippen molar-refractivity contribution in [3.8, 4) is 22.7 Å². The highest BCUT2D eigenvalue weighted by Gasteiger charge is 2.14. The van der Waals surface area contributed by atoms with Gasteiger partial charge >= 0.3 is 0 Å². The summed E-state index contributed by atoms with van der Waals surface area (Å²) in [6.45, 7) is 0. The lowest BCUT2D eigenvalue weighted by Crippen LogP contribution is -1.98. The van der Waals surface area contributed by atoms with E-state index in [2.05, 4.69) is 61.2 Å². The first-order valence-electron chi connectivity index (χ1n) is 7.74. The van der Waals surface area contributed by atoms with Crippen LogP contribution in [0.1, 0.15) is 0 Å². The van der Waals surface area contributed by atoms with Gasteiger partial charge in [-0.05, 0) is 66.9 Å². The predicted molar refractivity (Wildman–Crippen MR) is 108 cm³/mol. The van der Waals surface area contributed by atoms with E-state index in [1.165, 1.54) is 0 Å². The van der Waals surface area contributed by atoms with Gasteiger partial charge in [0.1, 0.15) is 5.75 Å². The quantitative estimate of drug-likeness (QED) is 0.364. The van der Waals surface area contributed by atoms with Crippen molar-refractivity contribution in [3.05, 3.63) is 75.8 Å². The predicted octanol–water partition coefficient (Wildman–Crippen LogP) is 6.23. The van der Waals surface area contributed by atoms with Crippen LogP contribution in [0.5, 0.6) is 5.75 Å². The number of nitrogens with zero attached hydrogens (tertiary/aromatic N) is 2. The monoisotopic (exact) mass is 456 g/mol. The zero-order valence-corrected chi connectivity index (χ0v) is 16.6. The number of ether oxygens (including phenoxy) is 1. The smallest absolute Gasteiger partial charge is 0.133 e. The van der Waals surface area contributed by atoms with Gasteiger partial charge in [-0.2, -0.15) is 5.10 Å². The Morgan fingerprint density at radius 3 is 2.52 bits per heavy atom. The van der Waals surface area contributed by atoms with Crippen molar-refractivity contribution in [2.75, 3.05) is 7.11 Å². The molecule has 0 radical (unpaired) electrons. The fourth-order valence-electron chi connectivity index (χ4n) is 2.93. The van der Waals surface area contributed by atoms with Gasteiger partial charge in [0, 0.05) is 5.56 Å². The third-order valence-corrected chi connectivity index (χ3v) is 5.54. The van der Waals surface area contributed by atoms with Gasteiger partial charge in [-0.25, -0.2) is 4.68 Å². The number of aromatic nitrogens is 2. The fraction of sp³-hybridized carbons (Fsp3) is 0.0500. The van der Waals surface area contributed by atoms with Crippen LogP contribution >= 0.6 is 31.9 Å². The normalized spacial score (nSPS) is 11.0. The zero-order chi connectivity index (χ0) is 17.4. The number of fused-ring (bicyclic) bond motifs is 1. The van der Waals surface area contributed by atoms with E-state index in [-0.39, 0.29) is 0 Å². The highest BCUT2D eigenvalue weighted by atomic mass is 79.9. The summed E-state index contributed by atoms with van der Waals surface area (Å²) < 4.78 is 9.26. The molecule has 4 aromatic rings. The van der Waals surface area contributed by atoms with Crippen LogP contribution in [0.2, 0.25) is 0 Å². The van der Waals surface area contributed by atoms with Crippen LogP contribution < -0.4 is 4.74 Å². The van der Waals surface area contributed by atoms with Gasteiger partial charge in [-0.3, -0.25) is 0 Å². The Kier molecular flexibility index (Phi) is 4.36. The number of para-hydroxylation sites is 1. The van der Waals surface area contributed by atoms with Crippen molar-refractivity contribution in [2.45, 2.75) is 0 Å². The highest BCUT2D eigenvalue weighted by Crippen LogP contribution is 2.37. The summed E-state index contributed by atoms with van der Waals surface area (Å²) in [6.07, 6.45) is 1.83. The maximum Gasteiger partial charge on any atom is 0.133 e. The summed E-state index contributed by atoms with van der Waals surface area (Å²) in [5.41, 5.74) is 3.15. The Balaban J connectivity index is 1.90. The van der Waals surface area contributed by atoms with Crippen LogP contribution in [0.3, 0.4) is 0 Å². The molecule has 1 heterocycles. The van der Waals surface area contributed by atoms with E-state index in [9.17, 15) is 0 Å². The molecule has 0 fully saturated rings. The van der Waals surface area contributed by atoms with Crippen molar-refractivity contribution >= 4 is 42.6 Å². The molecule has 0 N–H and O–H groups in total. The van der Waals surface area contributed by atoms with Crippen LogP contribution in [0.15, 0.2) is 75.8 Å². The van der Waals surface area contributed by atoms with Gasteiger partial charge < -0.3 is 4.74 Å². The van der Waals surface area contributed by atoms with E-state index in [0.717, 1.165) is 42.4 Å². The first-order chi connectivity index (χ1) is 12.2. The number of halogens is 2. The molecule has 0 unspecified atom stereocenters. The molecule has 0 aliphatic heterocycles. The minimum atomic E-state index is 0.829. The Labute approximate surface area is 162 Å². The minimum Gasteiger partial charge on any atom is -0.496 e. The lowest BCUT2D eigenvalue weighted by Gasteiger charge is -2.11. The van der Waals surface area contributed by atoms with E-state index in [4.69, 9.17) is 4.74 Å². The third-order valence-electron chi connectivity index (χ3n) is 4.14. The molecular formula is C20H14Br2N2O. The fourth-order valence-corrected chi connectivity index (χ4v) is 4.07. The topological polar surface area (TPSA) is 27.1 Å². The lowest BCUT2D eigenvalue weighted by atomic mass is 10.0. The van der Waals surface area contributed by atoms with Gasteiger partial charge in [-0.1, -0.05) is 36.4 Å². The van der Waals surface area contributed by atoms with Gasteiger partial charge in [0.05, 0.1) is 33.6 Å². The molecule has 3 nitrogen and oxygen atoms in total.